The number of rotatable bonds is 5. The third-order valence-electron chi connectivity index (χ3n) is 4.24. The highest BCUT2D eigenvalue weighted by Gasteiger charge is 2.08. The van der Waals surface area contributed by atoms with Crippen LogP contribution in [0.2, 0.25) is 0 Å². The highest BCUT2D eigenvalue weighted by Crippen LogP contribution is 2.19. The van der Waals surface area contributed by atoms with Gasteiger partial charge in [-0.05, 0) is 43.5 Å². The minimum Gasteiger partial charge on any atom is -0.348 e. The summed E-state index contributed by atoms with van der Waals surface area (Å²) >= 11 is 0. The summed E-state index contributed by atoms with van der Waals surface area (Å²) in [6.07, 6.45) is 3.07. The van der Waals surface area contributed by atoms with Crippen LogP contribution in [0.4, 0.5) is 11.6 Å². The highest BCUT2D eigenvalue weighted by molar-refractivity contribution is 5.93. The standard InChI is InChI=1S/C21H22N4O/c1-14-8-9-19(16(3)10-14)25-21-23-12-18(13-24-21)20(26)22-11-17-7-5-4-6-15(17)2/h4-10,12-13H,11H2,1-3H3,(H,22,26)(H,23,24,25). The van der Waals surface area contributed by atoms with Gasteiger partial charge in [-0.1, -0.05) is 42.0 Å². The van der Waals surface area contributed by atoms with Crippen LogP contribution in [0, 0.1) is 20.8 Å². The average molecular weight is 346 g/mol. The molecule has 3 aromatic rings. The first kappa shape index (κ1) is 17.6. The summed E-state index contributed by atoms with van der Waals surface area (Å²) in [5.74, 6) is 0.277. The van der Waals surface area contributed by atoms with Crippen LogP contribution in [0.5, 0.6) is 0 Å². The number of nitrogens with zero attached hydrogens (tertiary/aromatic N) is 2. The van der Waals surface area contributed by atoms with Crippen LogP contribution >= 0.6 is 0 Å². The summed E-state index contributed by atoms with van der Waals surface area (Å²) in [5.41, 5.74) is 5.95. The Hall–Kier alpha value is -3.21. The molecular weight excluding hydrogens is 324 g/mol. The SMILES string of the molecule is Cc1ccc(Nc2ncc(C(=O)NCc3ccccc3C)cn2)c(C)c1. The normalized spacial score (nSPS) is 10.4. The van der Waals surface area contributed by atoms with E-state index in [1.807, 2.05) is 50.2 Å². The molecule has 2 N–H and O–H groups in total. The van der Waals surface area contributed by atoms with Crippen molar-refractivity contribution < 1.29 is 4.79 Å². The van der Waals surface area contributed by atoms with E-state index in [0.29, 0.717) is 18.1 Å². The molecule has 3 rings (SSSR count). The summed E-state index contributed by atoms with van der Waals surface area (Å²) in [5, 5.41) is 6.08. The Morgan fingerprint density at radius 2 is 1.69 bits per heavy atom. The van der Waals surface area contributed by atoms with E-state index in [1.54, 1.807) is 0 Å². The van der Waals surface area contributed by atoms with Crippen molar-refractivity contribution in [1.82, 2.24) is 15.3 Å². The number of hydrogen-bond donors (Lipinski definition) is 2. The molecule has 132 valence electrons. The quantitative estimate of drug-likeness (QED) is 0.731. The molecule has 0 aliphatic heterocycles. The lowest BCUT2D eigenvalue weighted by Gasteiger charge is -2.10. The smallest absolute Gasteiger partial charge is 0.254 e. The first-order valence-electron chi connectivity index (χ1n) is 8.52. The van der Waals surface area contributed by atoms with Crippen molar-refractivity contribution in [3.05, 3.63) is 82.7 Å². The van der Waals surface area contributed by atoms with Crippen molar-refractivity contribution >= 4 is 17.5 Å². The minimum absolute atomic E-state index is 0.189. The maximum Gasteiger partial charge on any atom is 0.254 e. The van der Waals surface area contributed by atoms with Crippen LogP contribution in [0.25, 0.3) is 0 Å². The molecular formula is C21H22N4O. The van der Waals surface area contributed by atoms with Gasteiger partial charge in [0.1, 0.15) is 0 Å². The van der Waals surface area contributed by atoms with E-state index >= 15 is 0 Å². The van der Waals surface area contributed by atoms with E-state index in [2.05, 4.69) is 33.6 Å². The topological polar surface area (TPSA) is 66.9 Å². The van der Waals surface area contributed by atoms with Crippen LogP contribution in [0.3, 0.4) is 0 Å². The largest absolute Gasteiger partial charge is 0.348 e. The van der Waals surface area contributed by atoms with Gasteiger partial charge in [-0.3, -0.25) is 4.79 Å². The maximum absolute atomic E-state index is 12.3. The minimum atomic E-state index is -0.189. The van der Waals surface area contributed by atoms with Gasteiger partial charge in [0, 0.05) is 24.6 Å². The molecule has 5 nitrogen and oxygen atoms in total. The van der Waals surface area contributed by atoms with Crippen LogP contribution in [0.1, 0.15) is 32.6 Å². The van der Waals surface area contributed by atoms with Crippen molar-refractivity contribution in [3.8, 4) is 0 Å². The molecule has 1 aromatic heterocycles. The number of anilines is 2. The summed E-state index contributed by atoms with van der Waals surface area (Å²) in [7, 11) is 0. The second kappa shape index (κ2) is 7.78. The summed E-state index contributed by atoms with van der Waals surface area (Å²) in [6.45, 7) is 6.59. The van der Waals surface area contributed by atoms with E-state index in [0.717, 1.165) is 22.4 Å². The molecule has 1 heterocycles. The van der Waals surface area contributed by atoms with Crippen molar-refractivity contribution in [3.63, 3.8) is 0 Å². The zero-order valence-corrected chi connectivity index (χ0v) is 15.2. The fourth-order valence-corrected chi connectivity index (χ4v) is 2.67. The van der Waals surface area contributed by atoms with Crippen molar-refractivity contribution in [2.75, 3.05) is 5.32 Å². The molecule has 1 amide bonds. The van der Waals surface area contributed by atoms with Gasteiger partial charge in [0.05, 0.1) is 5.56 Å². The van der Waals surface area contributed by atoms with Crippen LogP contribution in [-0.4, -0.2) is 15.9 Å². The second-order valence-corrected chi connectivity index (χ2v) is 6.35. The lowest BCUT2D eigenvalue weighted by molar-refractivity contribution is 0.0950. The molecule has 26 heavy (non-hydrogen) atoms. The Kier molecular flexibility index (Phi) is 5.27. The molecule has 0 aliphatic carbocycles. The number of carbonyl (C=O) groups is 1. The van der Waals surface area contributed by atoms with Crippen LogP contribution < -0.4 is 10.6 Å². The molecule has 0 spiro atoms. The zero-order valence-electron chi connectivity index (χ0n) is 15.2. The summed E-state index contributed by atoms with van der Waals surface area (Å²) in [6, 6.07) is 14.1. The Labute approximate surface area is 153 Å². The predicted molar refractivity (Wildman–Crippen MR) is 104 cm³/mol. The lowest BCUT2D eigenvalue weighted by Crippen LogP contribution is -2.23. The molecule has 0 radical (unpaired) electrons. The molecule has 0 saturated carbocycles. The maximum atomic E-state index is 12.3. The van der Waals surface area contributed by atoms with Gasteiger partial charge in [0.25, 0.3) is 5.91 Å². The zero-order chi connectivity index (χ0) is 18.5. The number of nitrogens with one attached hydrogen (secondary N) is 2. The van der Waals surface area contributed by atoms with E-state index in [4.69, 9.17) is 0 Å². The van der Waals surface area contributed by atoms with E-state index in [1.165, 1.54) is 18.0 Å². The number of aromatic nitrogens is 2. The van der Waals surface area contributed by atoms with Gasteiger partial charge in [-0.25, -0.2) is 9.97 Å². The first-order chi connectivity index (χ1) is 12.5. The Morgan fingerprint density at radius 3 is 2.38 bits per heavy atom. The molecule has 0 saturated heterocycles. The summed E-state index contributed by atoms with van der Waals surface area (Å²) < 4.78 is 0. The molecule has 2 aromatic carbocycles. The molecule has 0 atom stereocenters. The van der Waals surface area contributed by atoms with Crippen LogP contribution in [0.15, 0.2) is 54.9 Å². The fraction of sp³-hybridized carbons (Fsp3) is 0.190. The summed E-state index contributed by atoms with van der Waals surface area (Å²) in [4.78, 5) is 20.8. The molecule has 5 heteroatoms. The first-order valence-corrected chi connectivity index (χ1v) is 8.52. The predicted octanol–water partition coefficient (Wildman–Crippen LogP) is 4.08. The number of amides is 1. The Bertz CT molecular complexity index is 920. The molecule has 0 aliphatic rings. The molecule has 0 fully saturated rings. The van der Waals surface area contributed by atoms with Crippen molar-refractivity contribution in [1.29, 1.82) is 0 Å². The average Bonchev–Trinajstić information content (AvgIpc) is 2.64. The second-order valence-electron chi connectivity index (χ2n) is 6.35. The number of aryl methyl sites for hydroxylation is 3. The number of benzene rings is 2. The van der Waals surface area contributed by atoms with Gasteiger partial charge < -0.3 is 10.6 Å². The molecule has 0 unspecified atom stereocenters. The number of hydrogen-bond acceptors (Lipinski definition) is 4. The third-order valence-corrected chi connectivity index (χ3v) is 4.24. The highest BCUT2D eigenvalue weighted by atomic mass is 16.1. The van der Waals surface area contributed by atoms with Gasteiger partial charge in [0.2, 0.25) is 5.95 Å². The lowest BCUT2D eigenvalue weighted by atomic mass is 10.1. The van der Waals surface area contributed by atoms with E-state index in [9.17, 15) is 4.79 Å². The molecule has 0 bridgehead atoms. The van der Waals surface area contributed by atoms with E-state index in [-0.39, 0.29) is 5.91 Å². The Balaban J connectivity index is 1.63. The van der Waals surface area contributed by atoms with Gasteiger partial charge >= 0.3 is 0 Å². The van der Waals surface area contributed by atoms with Gasteiger partial charge in [0.15, 0.2) is 0 Å². The van der Waals surface area contributed by atoms with Crippen molar-refractivity contribution in [2.45, 2.75) is 27.3 Å². The Morgan fingerprint density at radius 1 is 0.962 bits per heavy atom. The van der Waals surface area contributed by atoms with E-state index < -0.39 is 0 Å². The van der Waals surface area contributed by atoms with Gasteiger partial charge in [-0.15, -0.1) is 0 Å². The fourth-order valence-electron chi connectivity index (χ4n) is 2.67. The number of carbonyl (C=O) groups excluding carboxylic acids is 1. The van der Waals surface area contributed by atoms with Crippen LogP contribution in [-0.2, 0) is 6.54 Å². The monoisotopic (exact) mass is 346 g/mol. The van der Waals surface area contributed by atoms with Crippen molar-refractivity contribution in [2.24, 2.45) is 0 Å². The van der Waals surface area contributed by atoms with Gasteiger partial charge in [-0.2, -0.15) is 0 Å². The third kappa shape index (κ3) is 4.25.